The van der Waals surface area contributed by atoms with Gasteiger partial charge in [0.2, 0.25) is 5.91 Å². The molecule has 30 heavy (non-hydrogen) atoms. The fourth-order valence-corrected chi connectivity index (χ4v) is 3.39. The van der Waals surface area contributed by atoms with Crippen LogP contribution in [-0.2, 0) is 11.2 Å². The van der Waals surface area contributed by atoms with E-state index in [0.717, 1.165) is 28.9 Å². The van der Waals surface area contributed by atoms with Gasteiger partial charge in [-0.05, 0) is 35.1 Å². The highest BCUT2D eigenvalue weighted by Crippen LogP contribution is 2.32. The van der Waals surface area contributed by atoms with Gasteiger partial charge in [-0.25, -0.2) is 13.8 Å². The summed E-state index contributed by atoms with van der Waals surface area (Å²) in [5.41, 5.74) is 2.77. The number of carbonyl (C=O) groups excluding carboxylic acids is 1. The molecule has 2 aromatic carbocycles. The van der Waals surface area contributed by atoms with Gasteiger partial charge in [0.25, 0.3) is 0 Å². The van der Waals surface area contributed by atoms with E-state index in [1.165, 1.54) is 12.3 Å². The summed E-state index contributed by atoms with van der Waals surface area (Å²) >= 11 is 0. The van der Waals surface area contributed by atoms with Crippen molar-refractivity contribution in [3.8, 4) is 11.3 Å². The van der Waals surface area contributed by atoms with Crippen LogP contribution in [0.25, 0.3) is 11.3 Å². The summed E-state index contributed by atoms with van der Waals surface area (Å²) in [5.74, 6) is -0.809. The first-order valence-corrected chi connectivity index (χ1v) is 10.1. The molecule has 3 aromatic rings. The Balaban J connectivity index is 1.72. The Kier molecular flexibility index (Phi) is 6.65. The number of aryl methyl sites for hydroxylation is 1. The number of rotatable bonds is 7. The molecule has 0 atom stereocenters. The van der Waals surface area contributed by atoms with Crippen LogP contribution in [0.5, 0.6) is 0 Å². The summed E-state index contributed by atoms with van der Waals surface area (Å²) in [4.78, 5) is 16.7. The number of anilines is 1. The summed E-state index contributed by atoms with van der Waals surface area (Å²) in [6, 6.07) is 9.66. The fraction of sp³-hybridized carbons (Fsp3) is 0.333. The molecule has 4 nitrogen and oxygen atoms in total. The number of para-hydroxylation sites is 1. The summed E-state index contributed by atoms with van der Waals surface area (Å²) in [6.07, 6.45) is 1.64. The zero-order valence-electron chi connectivity index (χ0n) is 17.6. The number of nitrogens with zero attached hydrogens (tertiary/aromatic N) is 1. The highest BCUT2D eigenvalue weighted by molar-refractivity contribution is 5.92. The van der Waals surface area contributed by atoms with E-state index in [9.17, 15) is 13.6 Å². The smallest absolute Gasteiger partial charge is 0.224 e. The van der Waals surface area contributed by atoms with Crippen LogP contribution in [0, 0.1) is 11.6 Å². The highest BCUT2D eigenvalue weighted by Gasteiger charge is 2.18. The lowest BCUT2D eigenvalue weighted by Gasteiger charge is -2.20. The number of carbonyl (C=O) groups is 1. The largest absolute Gasteiger partial charge is 0.441 e. The van der Waals surface area contributed by atoms with Crippen LogP contribution in [0.1, 0.15) is 63.0 Å². The molecule has 1 N–H and O–H groups in total. The molecule has 1 aromatic heterocycles. The summed E-state index contributed by atoms with van der Waals surface area (Å²) in [6.45, 7) is 8.35. The third-order valence-corrected chi connectivity index (χ3v) is 4.97. The van der Waals surface area contributed by atoms with Crippen molar-refractivity contribution < 1.29 is 18.0 Å². The summed E-state index contributed by atoms with van der Waals surface area (Å²) < 4.78 is 33.3. The molecule has 0 saturated heterocycles. The maximum Gasteiger partial charge on any atom is 0.224 e. The molecular formula is C24H26F2N2O2. The van der Waals surface area contributed by atoms with Crippen LogP contribution in [0.3, 0.4) is 0 Å². The first-order valence-electron chi connectivity index (χ1n) is 10.1. The number of hydrogen-bond acceptors (Lipinski definition) is 3. The van der Waals surface area contributed by atoms with Crippen LogP contribution in [0.15, 0.2) is 47.0 Å². The van der Waals surface area contributed by atoms with Crippen LogP contribution in [-0.4, -0.2) is 10.9 Å². The Morgan fingerprint density at radius 3 is 2.13 bits per heavy atom. The van der Waals surface area contributed by atoms with Gasteiger partial charge in [-0.3, -0.25) is 4.79 Å². The normalized spacial score (nSPS) is 11.3. The SMILES string of the molecule is CC(C)c1cccc(C(C)C)c1NC(=O)CCc1ncc(-c2c(F)cccc2F)o1. The Labute approximate surface area is 175 Å². The second-order valence-corrected chi connectivity index (χ2v) is 7.88. The monoisotopic (exact) mass is 412 g/mol. The van der Waals surface area contributed by atoms with Gasteiger partial charge < -0.3 is 9.73 Å². The minimum absolute atomic E-state index is 0.00764. The van der Waals surface area contributed by atoms with Crippen molar-refractivity contribution in [3.05, 3.63) is 71.2 Å². The lowest BCUT2D eigenvalue weighted by atomic mass is 9.92. The van der Waals surface area contributed by atoms with Gasteiger partial charge >= 0.3 is 0 Å². The van der Waals surface area contributed by atoms with Crippen molar-refractivity contribution in [2.45, 2.75) is 52.4 Å². The lowest BCUT2D eigenvalue weighted by Crippen LogP contribution is -2.16. The highest BCUT2D eigenvalue weighted by atomic mass is 19.1. The first-order chi connectivity index (χ1) is 14.3. The van der Waals surface area contributed by atoms with Crippen molar-refractivity contribution >= 4 is 11.6 Å². The molecule has 6 heteroatoms. The lowest BCUT2D eigenvalue weighted by molar-refractivity contribution is -0.116. The zero-order valence-corrected chi connectivity index (χ0v) is 17.6. The van der Waals surface area contributed by atoms with Gasteiger partial charge in [-0.1, -0.05) is 52.0 Å². The molecule has 0 radical (unpaired) electrons. The van der Waals surface area contributed by atoms with Gasteiger partial charge in [0.1, 0.15) is 11.6 Å². The average Bonchev–Trinajstić information content (AvgIpc) is 3.14. The number of oxazole rings is 1. The van der Waals surface area contributed by atoms with Crippen LogP contribution < -0.4 is 5.32 Å². The number of nitrogens with one attached hydrogen (secondary N) is 1. The van der Waals surface area contributed by atoms with E-state index in [2.05, 4.69) is 38.0 Å². The molecule has 1 heterocycles. The van der Waals surface area contributed by atoms with E-state index in [1.807, 2.05) is 18.2 Å². The minimum atomic E-state index is -0.720. The van der Waals surface area contributed by atoms with E-state index in [1.54, 1.807) is 0 Å². The van der Waals surface area contributed by atoms with Gasteiger partial charge in [0, 0.05) is 18.5 Å². The summed E-state index contributed by atoms with van der Waals surface area (Å²) in [5, 5.41) is 3.04. The second kappa shape index (κ2) is 9.20. The molecule has 0 spiro atoms. The molecule has 0 aliphatic carbocycles. The molecular weight excluding hydrogens is 386 g/mol. The van der Waals surface area contributed by atoms with Crippen LogP contribution in [0.2, 0.25) is 0 Å². The topological polar surface area (TPSA) is 55.1 Å². The van der Waals surface area contributed by atoms with Crippen molar-refractivity contribution in [2.75, 3.05) is 5.32 Å². The number of benzene rings is 2. The maximum atomic E-state index is 13.9. The number of aromatic nitrogens is 1. The number of amides is 1. The molecule has 1 amide bonds. The maximum absolute atomic E-state index is 13.9. The quantitative estimate of drug-likeness (QED) is 0.486. The van der Waals surface area contributed by atoms with Gasteiger partial charge in [0.15, 0.2) is 11.7 Å². The van der Waals surface area contributed by atoms with Crippen LogP contribution in [0.4, 0.5) is 14.5 Å². The van der Waals surface area contributed by atoms with E-state index in [-0.39, 0.29) is 47.8 Å². The predicted molar refractivity (Wildman–Crippen MR) is 113 cm³/mol. The van der Waals surface area contributed by atoms with Gasteiger partial charge in [-0.15, -0.1) is 0 Å². The Morgan fingerprint density at radius 2 is 1.57 bits per heavy atom. The van der Waals surface area contributed by atoms with Crippen molar-refractivity contribution in [2.24, 2.45) is 0 Å². The third-order valence-electron chi connectivity index (χ3n) is 4.97. The van der Waals surface area contributed by atoms with E-state index in [0.29, 0.717) is 0 Å². The minimum Gasteiger partial charge on any atom is -0.441 e. The average molecular weight is 412 g/mol. The molecule has 0 unspecified atom stereocenters. The Bertz CT molecular complexity index is 995. The van der Waals surface area contributed by atoms with E-state index in [4.69, 9.17) is 4.42 Å². The molecule has 0 bridgehead atoms. The standard InChI is InChI=1S/C24H26F2N2O2/c1-14(2)16-7-5-8-17(15(3)4)24(16)28-21(29)11-12-22-27-13-20(30-22)23-18(25)9-6-10-19(23)26/h5-10,13-15H,11-12H2,1-4H3,(H,28,29). The van der Waals surface area contributed by atoms with Gasteiger partial charge in [-0.2, -0.15) is 0 Å². The number of halogens is 2. The van der Waals surface area contributed by atoms with Crippen molar-refractivity contribution in [1.29, 1.82) is 0 Å². The van der Waals surface area contributed by atoms with Crippen molar-refractivity contribution in [3.63, 3.8) is 0 Å². The molecule has 0 saturated carbocycles. The molecule has 3 rings (SSSR count). The zero-order chi connectivity index (χ0) is 21.8. The third kappa shape index (κ3) is 4.75. The predicted octanol–water partition coefficient (Wildman–Crippen LogP) is 6.44. The first kappa shape index (κ1) is 21.7. The molecule has 0 fully saturated rings. The molecule has 0 aliphatic heterocycles. The Hall–Kier alpha value is -3.02. The number of hydrogen-bond donors (Lipinski definition) is 1. The molecule has 0 aliphatic rings. The van der Waals surface area contributed by atoms with Crippen molar-refractivity contribution in [1.82, 2.24) is 4.98 Å². The van der Waals surface area contributed by atoms with E-state index < -0.39 is 11.6 Å². The summed E-state index contributed by atoms with van der Waals surface area (Å²) in [7, 11) is 0. The fourth-order valence-electron chi connectivity index (χ4n) is 3.39. The second-order valence-electron chi connectivity index (χ2n) is 7.88. The van der Waals surface area contributed by atoms with E-state index >= 15 is 0 Å². The molecule has 158 valence electrons. The Morgan fingerprint density at radius 1 is 1.00 bits per heavy atom. The van der Waals surface area contributed by atoms with Crippen LogP contribution >= 0.6 is 0 Å². The van der Waals surface area contributed by atoms with Gasteiger partial charge in [0.05, 0.1) is 11.8 Å².